The smallest absolute Gasteiger partial charge is 0.340 e. The highest BCUT2D eigenvalue weighted by Gasteiger charge is 2.53. The van der Waals surface area contributed by atoms with E-state index in [0.717, 1.165) is 5.56 Å². The number of nitrogen functional groups attached to an aromatic ring is 1. The van der Waals surface area contributed by atoms with Crippen LogP contribution in [-0.4, -0.2) is 11.1 Å². The minimum atomic E-state index is -1.18. The van der Waals surface area contributed by atoms with Crippen LogP contribution < -0.4 is 15.2 Å². The van der Waals surface area contributed by atoms with Crippen molar-refractivity contribution in [1.29, 1.82) is 0 Å². The molecule has 0 unspecified atom stereocenters. The van der Waals surface area contributed by atoms with Crippen LogP contribution in [0.25, 0.3) is 0 Å². The third kappa shape index (κ3) is 2.56. The first-order valence-corrected chi connectivity index (χ1v) is 10.1. The summed E-state index contributed by atoms with van der Waals surface area (Å²) in [5.41, 5.74) is 7.77. The van der Waals surface area contributed by atoms with Crippen LogP contribution in [0.3, 0.4) is 0 Å². The molecule has 0 saturated carbocycles. The van der Waals surface area contributed by atoms with Gasteiger partial charge in [-0.15, -0.1) is 0 Å². The predicted molar refractivity (Wildman–Crippen MR) is 117 cm³/mol. The van der Waals surface area contributed by atoms with Gasteiger partial charge >= 0.3 is 5.97 Å². The monoisotopic (exact) mass is 423 g/mol. The van der Waals surface area contributed by atoms with Crippen LogP contribution in [0.15, 0.2) is 84.9 Å². The van der Waals surface area contributed by atoms with Crippen molar-refractivity contribution in [2.75, 3.05) is 5.73 Å². The molecule has 2 aliphatic rings. The van der Waals surface area contributed by atoms with E-state index < -0.39 is 11.6 Å². The first kappa shape index (κ1) is 18.3. The molecule has 6 rings (SSSR count). The molecule has 1 spiro atoms. The third-order valence-corrected chi connectivity index (χ3v) is 5.78. The lowest BCUT2D eigenvalue weighted by Gasteiger charge is -2.36. The number of hydrogen-bond donors (Lipinski definition) is 2. The van der Waals surface area contributed by atoms with Gasteiger partial charge in [-0.2, -0.15) is 0 Å². The molecule has 0 amide bonds. The second-order valence-electron chi connectivity index (χ2n) is 7.73. The summed E-state index contributed by atoms with van der Waals surface area (Å²) >= 11 is 0. The fraction of sp³-hybridized carbons (Fsp3) is 0.0385. The molecule has 156 valence electrons. The number of carbonyl (C=O) groups excluding carboxylic acids is 1. The fourth-order valence-corrected chi connectivity index (χ4v) is 4.38. The van der Waals surface area contributed by atoms with Crippen LogP contribution in [0, 0.1) is 0 Å². The second-order valence-corrected chi connectivity index (χ2v) is 7.73. The van der Waals surface area contributed by atoms with Crippen molar-refractivity contribution in [3.8, 4) is 28.7 Å². The lowest BCUT2D eigenvalue weighted by molar-refractivity contribution is 0.0224. The summed E-state index contributed by atoms with van der Waals surface area (Å²) in [6, 6.07) is 24.6. The first-order valence-electron chi connectivity index (χ1n) is 10.1. The van der Waals surface area contributed by atoms with Gasteiger partial charge in [0.1, 0.15) is 28.7 Å². The quantitative estimate of drug-likeness (QED) is 0.334. The van der Waals surface area contributed by atoms with Crippen molar-refractivity contribution in [3.63, 3.8) is 0 Å². The summed E-state index contributed by atoms with van der Waals surface area (Å²) in [5.74, 6) is 1.70. The topological polar surface area (TPSA) is 91.0 Å². The zero-order valence-corrected chi connectivity index (χ0v) is 16.7. The van der Waals surface area contributed by atoms with Gasteiger partial charge in [0.05, 0.1) is 5.56 Å². The van der Waals surface area contributed by atoms with Gasteiger partial charge in [-0.3, -0.25) is 0 Å². The average molecular weight is 423 g/mol. The number of rotatable bonds is 2. The van der Waals surface area contributed by atoms with Crippen molar-refractivity contribution < 1.29 is 24.1 Å². The Labute approximate surface area is 183 Å². The molecule has 0 saturated heterocycles. The first-order chi connectivity index (χ1) is 15.5. The summed E-state index contributed by atoms with van der Waals surface area (Å²) < 4.78 is 18.2. The summed E-state index contributed by atoms with van der Waals surface area (Å²) in [4.78, 5) is 12.8. The third-order valence-electron chi connectivity index (χ3n) is 5.78. The average Bonchev–Trinajstić information content (AvgIpc) is 3.08. The molecule has 2 heterocycles. The molecule has 3 N–H and O–H groups in total. The minimum absolute atomic E-state index is 0.0502. The summed E-state index contributed by atoms with van der Waals surface area (Å²) in [6.45, 7) is 0. The summed E-state index contributed by atoms with van der Waals surface area (Å²) in [7, 11) is 0. The highest BCUT2D eigenvalue weighted by Crippen LogP contribution is 2.57. The van der Waals surface area contributed by atoms with Gasteiger partial charge in [-0.05, 0) is 54.6 Å². The lowest BCUT2D eigenvalue weighted by Crippen LogP contribution is -2.32. The van der Waals surface area contributed by atoms with Gasteiger partial charge in [-0.1, -0.05) is 18.2 Å². The number of esters is 1. The van der Waals surface area contributed by atoms with E-state index in [-0.39, 0.29) is 5.75 Å². The van der Waals surface area contributed by atoms with E-state index in [1.165, 1.54) is 6.07 Å². The minimum Gasteiger partial charge on any atom is -0.508 e. The van der Waals surface area contributed by atoms with Gasteiger partial charge in [0.25, 0.3) is 0 Å². The largest absolute Gasteiger partial charge is 0.508 e. The Morgan fingerprint density at radius 1 is 0.781 bits per heavy atom. The Morgan fingerprint density at radius 3 is 2.28 bits per heavy atom. The summed E-state index contributed by atoms with van der Waals surface area (Å²) in [6.07, 6.45) is 0. The van der Waals surface area contributed by atoms with Crippen molar-refractivity contribution in [3.05, 3.63) is 107 Å². The van der Waals surface area contributed by atoms with E-state index in [0.29, 0.717) is 45.4 Å². The Kier molecular flexibility index (Phi) is 3.74. The van der Waals surface area contributed by atoms with E-state index in [2.05, 4.69) is 0 Å². The number of phenolic OH excluding ortho intramolecular Hbond substituents is 1. The van der Waals surface area contributed by atoms with Gasteiger partial charge in [-0.25, -0.2) is 4.79 Å². The highest BCUT2D eigenvalue weighted by molar-refractivity contribution is 5.97. The molecule has 0 bridgehead atoms. The number of anilines is 1. The van der Waals surface area contributed by atoms with Crippen LogP contribution in [0.1, 0.15) is 27.0 Å². The molecule has 0 aliphatic carbocycles. The van der Waals surface area contributed by atoms with Crippen molar-refractivity contribution in [1.82, 2.24) is 0 Å². The fourth-order valence-electron chi connectivity index (χ4n) is 4.38. The zero-order valence-electron chi connectivity index (χ0n) is 16.7. The maximum atomic E-state index is 12.8. The van der Waals surface area contributed by atoms with Crippen LogP contribution in [0.5, 0.6) is 28.7 Å². The zero-order chi connectivity index (χ0) is 21.9. The van der Waals surface area contributed by atoms with Crippen LogP contribution in [-0.2, 0) is 10.3 Å². The van der Waals surface area contributed by atoms with Gasteiger partial charge in [0, 0.05) is 34.5 Å². The van der Waals surface area contributed by atoms with Crippen LogP contribution in [0.2, 0.25) is 0 Å². The normalized spacial score (nSPS) is 17.7. The SMILES string of the molecule is Nc1ccc(Oc2ccc3c(c2)Oc2cc(O)ccc2[C@@]32OC(=O)c3ccccc32)cc1. The van der Waals surface area contributed by atoms with Gasteiger partial charge in [0.2, 0.25) is 0 Å². The van der Waals surface area contributed by atoms with E-state index >= 15 is 0 Å². The highest BCUT2D eigenvalue weighted by atomic mass is 16.6. The van der Waals surface area contributed by atoms with Crippen molar-refractivity contribution in [2.45, 2.75) is 5.60 Å². The van der Waals surface area contributed by atoms with Crippen molar-refractivity contribution >= 4 is 11.7 Å². The van der Waals surface area contributed by atoms with E-state index in [9.17, 15) is 9.90 Å². The predicted octanol–water partition coefficient (Wildman–Crippen LogP) is 5.33. The Morgan fingerprint density at radius 2 is 1.47 bits per heavy atom. The number of fused-ring (bicyclic) bond motifs is 6. The molecule has 2 aliphatic heterocycles. The Balaban J connectivity index is 1.53. The lowest BCUT2D eigenvalue weighted by atomic mass is 9.77. The maximum Gasteiger partial charge on any atom is 0.340 e. The molecule has 1 atom stereocenters. The van der Waals surface area contributed by atoms with Crippen LogP contribution in [0.4, 0.5) is 5.69 Å². The molecular formula is C26H17NO5. The van der Waals surface area contributed by atoms with Gasteiger partial charge < -0.3 is 25.1 Å². The molecule has 6 nitrogen and oxygen atoms in total. The number of aromatic hydroxyl groups is 1. The summed E-state index contributed by atoms with van der Waals surface area (Å²) in [5, 5.41) is 10.1. The second kappa shape index (κ2) is 6.52. The molecule has 0 radical (unpaired) electrons. The molecule has 32 heavy (non-hydrogen) atoms. The number of phenols is 1. The molecular weight excluding hydrogens is 406 g/mol. The molecule has 0 aromatic heterocycles. The molecule has 6 heteroatoms. The number of nitrogens with two attached hydrogens (primary N) is 1. The van der Waals surface area contributed by atoms with Gasteiger partial charge in [0.15, 0.2) is 5.60 Å². The maximum absolute atomic E-state index is 12.8. The number of benzene rings is 4. The number of ether oxygens (including phenoxy) is 3. The standard InChI is InChI=1S/C26H17NO5/c27-15-5-8-17(9-6-15)30-18-10-12-22-24(14-18)31-23-13-16(28)7-11-21(23)26(22)20-4-2-1-3-19(20)25(29)32-26/h1-14,28H,27H2/t26-/m1/s1. The number of carbonyl (C=O) groups is 1. The van der Waals surface area contributed by atoms with Crippen LogP contribution >= 0.6 is 0 Å². The number of hydrogen-bond acceptors (Lipinski definition) is 6. The van der Waals surface area contributed by atoms with E-state index in [4.69, 9.17) is 19.9 Å². The van der Waals surface area contributed by atoms with Crippen molar-refractivity contribution in [2.24, 2.45) is 0 Å². The Hall–Kier alpha value is -4.45. The molecule has 4 aromatic rings. The Bertz CT molecular complexity index is 1400. The molecule has 4 aromatic carbocycles. The van der Waals surface area contributed by atoms with E-state index in [1.807, 2.05) is 18.2 Å². The molecule has 0 fully saturated rings. The van der Waals surface area contributed by atoms with E-state index in [1.54, 1.807) is 60.7 Å².